The van der Waals surface area contributed by atoms with Crippen LogP contribution in [0.1, 0.15) is 47.2 Å². The van der Waals surface area contributed by atoms with E-state index in [1.54, 1.807) is 16.8 Å². The van der Waals surface area contributed by atoms with Crippen molar-refractivity contribution in [3.63, 3.8) is 0 Å². The number of aromatic nitrogens is 2. The fourth-order valence-corrected chi connectivity index (χ4v) is 3.42. The molecule has 0 spiro atoms. The molecule has 0 saturated carbocycles. The number of nitrogens with one attached hydrogen (secondary N) is 1. The summed E-state index contributed by atoms with van der Waals surface area (Å²) in [6.07, 6.45) is -0.539. The number of amides is 1. The second kappa shape index (κ2) is 8.71. The number of hydrogen-bond donors (Lipinski definition) is 1. The van der Waals surface area contributed by atoms with E-state index in [1.807, 2.05) is 24.3 Å². The molecule has 1 amide bonds. The lowest BCUT2D eigenvalue weighted by Crippen LogP contribution is -2.41. The van der Waals surface area contributed by atoms with E-state index in [0.717, 1.165) is 5.69 Å². The summed E-state index contributed by atoms with van der Waals surface area (Å²) in [6.45, 7) is 18.5. The average Bonchev–Trinajstić information content (AvgIpc) is 2.97. The summed E-state index contributed by atoms with van der Waals surface area (Å²) in [5.74, 6) is 1.10. The molecule has 2 rings (SSSR count). The van der Waals surface area contributed by atoms with Crippen LogP contribution in [-0.2, 0) is 16.4 Å². The van der Waals surface area contributed by atoms with Crippen molar-refractivity contribution in [2.24, 2.45) is 0 Å². The second-order valence-corrected chi connectivity index (χ2v) is 14.6. The summed E-state index contributed by atoms with van der Waals surface area (Å²) < 4.78 is 13.4. The topological polar surface area (TPSA) is 65.4 Å². The number of ether oxygens (including phenoxy) is 1. The van der Waals surface area contributed by atoms with Crippen LogP contribution < -0.4 is 10.1 Å². The van der Waals surface area contributed by atoms with Crippen LogP contribution in [0.4, 0.5) is 10.6 Å². The minimum absolute atomic E-state index is 0.134. The van der Waals surface area contributed by atoms with Crippen molar-refractivity contribution in [3.8, 4) is 5.75 Å². The smallest absolute Gasteiger partial charge is 0.415 e. The highest BCUT2D eigenvalue weighted by Crippen LogP contribution is 2.36. The van der Waals surface area contributed by atoms with Gasteiger partial charge in [0.05, 0.1) is 18.8 Å². The van der Waals surface area contributed by atoms with Gasteiger partial charge in [0.1, 0.15) is 11.6 Å². The van der Waals surface area contributed by atoms with Crippen LogP contribution in [0.15, 0.2) is 36.4 Å². The Bertz CT molecular complexity index is 818. The summed E-state index contributed by atoms with van der Waals surface area (Å²) in [4.78, 5) is 12.4. The number of hydrogen-bond acceptors (Lipinski definition) is 4. The standard InChI is InChI=1S/C22H35N3O3Si/c1-21(2,3)18-16-19(23-20(26)28-17-12-10-9-11-13-17)25(24-18)14-15-27-29(7,8)22(4,5)6/h9-13,16H,14-15H2,1-8H3,(H,23,26). The van der Waals surface area contributed by atoms with E-state index >= 15 is 0 Å². The maximum atomic E-state index is 12.4. The highest BCUT2D eigenvalue weighted by atomic mass is 28.4. The van der Waals surface area contributed by atoms with Crippen LogP contribution in [0.25, 0.3) is 0 Å². The molecule has 0 radical (unpaired) electrons. The van der Waals surface area contributed by atoms with Crippen molar-refractivity contribution in [2.45, 2.75) is 71.6 Å². The van der Waals surface area contributed by atoms with Crippen molar-refractivity contribution >= 4 is 20.2 Å². The van der Waals surface area contributed by atoms with E-state index in [4.69, 9.17) is 14.3 Å². The zero-order valence-electron chi connectivity index (χ0n) is 19.0. The van der Waals surface area contributed by atoms with E-state index < -0.39 is 14.4 Å². The molecule has 160 valence electrons. The van der Waals surface area contributed by atoms with E-state index in [1.165, 1.54) is 0 Å². The molecule has 1 N–H and O–H groups in total. The molecule has 0 bridgehead atoms. The Kier molecular flexibility index (Phi) is 6.96. The third-order valence-electron chi connectivity index (χ3n) is 5.30. The molecule has 29 heavy (non-hydrogen) atoms. The number of nitrogens with zero attached hydrogens (tertiary/aromatic N) is 2. The molecule has 0 aliphatic carbocycles. The van der Waals surface area contributed by atoms with Gasteiger partial charge in [-0.2, -0.15) is 5.10 Å². The SMILES string of the molecule is CC(C)(C)c1cc(NC(=O)Oc2ccccc2)n(CCO[Si](C)(C)C(C)(C)C)n1. The van der Waals surface area contributed by atoms with Gasteiger partial charge in [-0.05, 0) is 30.3 Å². The Labute approximate surface area is 175 Å². The van der Waals surface area contributed by atoms with Crippen LogP contribution in [-0.4, -0.2) is 30.8 Å². The van der Waals surface area contributed by atoms with Gasteiger partial charge in [0.15, 0.2) is 8.32 Å². The summed E-state index contributed by atoms with van der Waals surface area (Å²) in [6, 6.07) is 10.9. The first-order valence-corrected chi connectivity index (χ1v) is 13.0. The predicted molar refractivity (Wildman–Crippen MR) is 120 cm³/mol. The third-order valence-corrected chi connectivity index (χ3v) is 9.84. The zero-order valence-corrected chi connectivity index (χ0v) is 20.0. The minimum Gasteiger partial charge on any atom is -0.415 e. The number of carbonyl (C=O) groups is 1. The molecule has 0 fully saturated rings. The molecule has 0 aliphatic heterocycles. The van der Waals surface area contributed by atoms with E-state index in [0.29, 0.717) is 24.7 Å². The Hall–Kier alpha value is -2.12. The molecule has 0 atom stereocenters. The van der Waals surface area contributed by atoms with E-state index in [2.05, 4.69) is 60.0 Å². The number of benzene rings is 1. The molecular formula is C22H35N3O3Si. The lowest BCUT2D eigenvalue weighted by molar-refractivity contribution is 0.214. The summed E-state index contributed by atoms with van der Waals surface area (Å²) in [5.41, 5.74) is 0.769. The van der Waals surface area contributed by atoms with Gasteiger partial charge in [-0.3, -0.25) is 5.32 Å². The maximum Gasteiger partial charge on any atom is 0.418 e. The fraction of sp³-hybridized carbons (Fsp3) is 0.545. The maximum absolute atomic E-state index is 12.4. The van der Waals surface area contributed by atoms with Crippen molar-refractivity contribution in [1.29, 1.82) is 0 Å². The Morgan fingerprint density at radius 2 is 1.72 bits per heavy atom. The Morgan fingerprint density at radius 1 is 1.10 bits per heavy atom. The van der Waals surface area contributed by atoms with Gasteiger partial charge < -0.3 is 9.16 Å². The van der Waals surface area contributed by atoms with Crippen molar-refractivity contribution in [3.05, 3.63) is 42.1 Å². The first-order chi connectivity index (χ1) is 13.3. The number of para-hydroxylation sites is 1. The van der Waals surface area contributed by atoms with E-state index in [9.17, 15) is 4.79 Å². The van der Waals surface area contributed by atoms with Gasteiger partial charge in [-0.15, -0.1) is 0 Å². The Balaban J connectivity index is 2.12. The zero-order chi connectivity index (χ0) is 21.9. The largest absolute Gasteiger partial charge is 0.418 e. The van der Waals surface area contributed by atoms with Gasteiger partial charge >= 0.3 is 6.09 Å². The van der Waals surface area contributed by atoms with Crippen LogP contribution in [0.3, 0.4) is 0 Å². The molecule has 0 unspecified atom stereocenters. The summed E-state index contributed by atoms with van der Waals surface area (Å²) >= 11 is 0. The van der Waals surface area contributed by atoms with Crippen LogP contribution >= 0.6 is 0 Å². The Morgan fingerprint density at radius 3 is 2.28 bits per heavy atom. The lowest BCUT2D eigenvalue weighted by atomic mass is 9.92. The molecule has 7 heteroatoms. The summed E-state index contributed by atoms with van der Waals surface area (Å²) in [7, 11) is -1.84. The molecule has 1 aromatic carbocycles. The van der Waals surface area contributed by atoms with Gasteiger partial charge in [0, 0.05) is 11.5 Å². The molecule has 2 aromatic rings. The van der Waals surface area contributed by atoms with Crippen LogP contribution in [0.2, 0.25) is 18.1 Å². The number of carbonyl (C=O) groups excluding carboxylic acids is 1. The van der Waals surface area contributed by atoms with Crippen molar-refractivity contribution in [1.82, 2.24) is 9.78 Å². The minimum atomic E-state index is -1.84. The highest BCUT2D eigenvalue weighted by Gasteiger charge is 2.37. The predicted octanol–water partition coefficient (Wildman–Crippen LogP) is 5.81. The van der Waals surface area contributed by atoms with Gasteiger partial charge in [0.2, 0.25) is 0 Å². The quantitative estimate of drug-likeness (QED) is 0.602. The van der Waals surface area contributed by atoms with Crippen molar-refractivity contribution in [2.75, 3.05) is 11.9 Å². The lowest BCUT2D eigenvalue weighted by Gasteiger charge is -2.36. The fourth-order valence-electron chi connectivity index (χ4n) is 2.38. The van der Waals surface area contributed by atoms with Crippen LogP contribution in [0, 0.1) is 0 Å². The molecule has 1 heterocycles. The van der Waals surface area contributed by atoms with Crippen LogP contribution in [0.5, 0.6) is 5.75 Å². The first kappa shape index (κ1) is 23.2. The highest BCUT2D eigenvalue weighted by molar-refractivity contribution is 6.74. The normalized spacial score (nSPS) is 12.7. The van der Waals surface area contributed by atoms with Gasteiger partial charge in [-0.25, -0.2) is 9.48 Å². The molecule has 0 saturated heterocycles. The molecule has 6 nitrogen and oxygen atoms in total. The van der Waals surface area contributed by atoms with E-state index in [-0.39, 0.29) is 10.5 Å². The third kappa shape index (κ3) is 6.44. The number of rotatable bonds is 6. The van der Waals surface area contributed by atoms with Gasteiger partial charge in [0.25, 0.3) is 0 Å². The molecule has 0 aliphatic rings. The van der Waals surface area contributed by atoms with Crippen molar-refractivity contribution < 1.29 is 14.0 Å². The molecular weight excluding hydrogens is 382 g/mol. The second-order valence-electron chi connectivity index (χ2n) is 9.82. The number of anilines is 1. The first-order valence-electron chi connectivity index (χ1n) is 10.1. The average molecular weight is 418 g/mol. The summed E-state index contributed by atoms with van der Waals surface area (Å²) in [5, 5.41) is 7.68. The molecule has 1 aromatic heterocycles. The van der Waals surface area contributed by atoms with Gasteiger partial charge in [-0.1, -0.05) is 59.7 Å². The monoisotopic (exact) mass is 417 g/mol.